The maximum atomic E-state index is 12.4. The van der Waals surface area contributed by atoms with Crippen molar-refractivity contribution in [3.63, 3.8) is 0 Å². The lowest BCUT2D eigenvalue weighted by molar-refractivity contribution is -0.133. The highest BCUT2D eigenvalue weighted by molar-refractivity contribution is 5.83. The van der Waals surface area contributed by atoms with Crippen LogP contribution in [0.4, 0.5) is 0 Å². The summed E-state index contributed by atoms with van der Waals surface area (Å²) in [5.74, 6) is 0.488. The molecule has 1 amide bonds. The normalized spacial score (nSPS) is 26.2. The highest BCUT2D eigenvalue weighted by Gasteiger charge is 2.44. The average molecular weight is 242 g/mol. The Kier molecular flexibility index (Phi) is 5.40. The molecule has 0 aromatic heterocycles. The number of aliphatic hydroxyl groups is 1. The molecule has 1 fully saturated rings. The lowest BCUT2D eigenvalue weighted by Crippen LogP contribution is -2.49. The van der Waals surface area contributed by atoms with Crippen LogP contribution < -0.4 is 10.6 Å². The Morgan fingerprint density at radius 2 is 2.24 bits per heavy atom. The molecule has 17 heavy (non-hydrogen) atoms. The first-order valence-corrected chi connectivity index (χ1v) is 6.69. The van der Waals surface area contributed by atoms with E-state index in [4.69, 9.17) is 5.11 Å². The second kappa shape index (κ2) is 6.36. The van der Waals surface area contributed by atoms with E-state index in [1.54, 1.807) is 0 Å². The minimum atomic E-state index is -0.261. The van der Waals surface area contributed by atoms with Gasteiger partial charge in [0, 0.05) is 19.2 Å². The van der Waals surface area contributed by atoms with E-state index in [0.29, 0.717) is 12.3 Å². The summed E-state index contributed by atoms with van der Waals surface area (Å²) in [6.45, 7) is 8.08. The maximum Gasteiger partial charge on any atom is 0.228 e. The van der Waals surface area contributed by atoms with Gasteiger partial charge in [-0.2, -0.15) is 0 Å². The minimum absolute atomic E-state index is 0.101. The fraction of sp³-hybridized carbons (Fsp3) is 0.923. The lowest BCUT2D eigenvalue weighted by atomic mass is 9.75. The van der Waals surface area contributed by atoms with Crippen molar-refractivity contribution in [3.05, 3.63) is 0 Å². The monoisotopic (exact) mass is 242 g/mol. The molecule has 1 saturated heterocycles. The van der Waals surface area contributed by atoms with Gasteiger partial charge in [0.1, 0.15) is 0 Å². The van der Waals surface area contributed by atoms with Crippen LogP contribution >= 0.6 is 0 Å². The van der Waals surface area contributed by atoms with Crippen molar-refractivity contribution in [2.24, 2.45) is 11.3 Å². The van der Waals surface area contributed by atoms with Gasteiger partial charge in [-0.05, 0) is 31.7 Å². The number of rotatable bonds is 6. The van der Waals surface area contributed by atoms with Crippen LogP contribution in [0.5, 0.6) is 0 Å². The van der Waals surface area contributed by atoms with E-state index in [-0.39, 0.29) is 24.0 Å². The summed E-state index contributed by atoms with van der Waals surface area (Å²) in [4.78, 5) is 12.4. The van der Waals surface area contributed by atoms with Gasteiger partial charge in [0.05, 0.1) is 5.41 Å². The van der Waals surface area contributed by atoms with Crippen molar-refractivity contribution in [2.75, 3.05) is 19.7 Å². The number of carbonyl (C=O) groups is 1. The number of aliphatic hydroxyl groups excluding tert-OH is 1. The second-order valence-electron chi connectivity index (χ2n) is 5.33. The van der Waals surface area contributed by atoms with E-state index in [1.165, 1.54) is 0 Å². The van der Waals surface area contributed by atoms with E-state index >= 15 is 0 Å². The quantitative estimate of drug-likeness (QED) is 0.648. The van der Waals surface area contributed by atoms with Gasteiger partial charge in [0.25, 0.3) is 0 Å². The molecule has 0 bridgehead atoms. The predicted molar refractivity (Wildman–Crippen MR) is 68.7 cm³/mol. The van der Waals surface area contributed by atoms with Crippen LogP contribution in [0.25, 0.3) is 0 Å². The van der Waals surface area contributed by atoms with Crippen LogP contribution in [-0.4, -0.2) is 36.8 Å². The highest BCUT2D eigenvalue weighted by atomic mass is 16.3. The molecule has 2 atom stereocenters. The Bertz CT molecular complexity index is 248. The Labute approximate surface area is 104 Å². The average Bonchev–Trinajstić information content (AvgIpc) is 2.78. The molecule has 4 heteroatoms. The van der Waals surface area contributed by atoms with E-state index in [2.05, 4.69) is 24.5 Å². The molecule has 4 nitrogen and oxygen atoms in total. The second-order valence-corrected chi connectivity index (χ2v) is 5.33. The molecular weight excluding hydrogens is 216 g/mol. The summed E-state index contributed by atoms with van der Waals surface area (Å²) in [5.41, 5.74) is -0.261. The molecule has 1 aliphatic heterocycles. The molecule has 0 aromatic rings. The molecule has 2 unspecified atom stereocenters. The summed E-state index contributed by atoms with van der Waals surface area (Å²) in [6, 6.07) is 0.101. The smallest absolute Gasteiger partial charge is 0.228 e. The van der Waals surface area contributed by atoms with Crippen LogP contribution in [0.1, 0.15) is 40.0 Å². The van der Waals surface area contributed by atoms with Crippen LogP contribution in [0.3, 0.4) is 0 Å². The predicted octanol–water partition coefficient (Wildman–Crippen LogP) is 0.899. The van der Waals surface area contributed by atoms with E-state index in [1.807, 2.05) is 6.92 Å². The number of hydrogen-bond acceptors (Lipinski definition) is 3. The van der Waals surface area contributed by atoms with Gasteiger partial charge in [-0.15, -0.1) is 0 Å². The maximum absolute atomic E-state index is 12.4. The fourth-order valence-corrected chi connectivity index (χ4v) is 2.52. The zero-order valence-corrected chi connectivity index (χ0v) is 11.3. The molecule has 0 saturated carbocycles. The Morgan fingerprint density at radius 3 is 2.65 bits per heavy atom. The van der Waals surface area contributed by atoms with Crippen molar-refractivity contribution >= 4 is 5.91 Å². The Balaban J connectivity index is 2.66. The molecule has 3 N–H and O–H groups in total. The van der Waals surface area contributed by atoms with E-state index in [9.17, 15) is 4.79 Å². The molecule has 1 heterocycles. The van der Waals surface area contributed by atoms with Crippen molar-refractivity contribution in [1.82, 2.24) is 10.6 Å². The topological polar surface area (TPSA) is 61.4 Å². The molecule has 0 aromatic carbocycles. The summed E-state index contributed by atoms with van der Waals surface area (Å²) in [7, 11) is 0. The number of hydrogen-bond donors (Lipinski definition) is 3. The van der Waals surface area contributed by atoms with Gasteiger partial charge >= 0.3 is 0 Å². The zero-order chi connectivity index (χ0) is 12.9. The van der Waals surface area contributed by atoms with Crippen LogP contribution in [0.2, 0.25) is 0 Å². The highest BCUT2D eigenvalue weighted by Crippen LogP contribution is 2.34. The van der Waals surface area contributed by atoms with Gasteiger partial charge < -0.3 is 15.7 Å². The van der Waals surface area contributed by atoms with Crippen molar-refractivity contribution in [1.29, 1.82) is 0 Å². The zero-order valence-electron chi connectivity index (χ0n) is 11.3. The van der Waals surface area contributed by atoms with Crippen molar-refractivity contribution < 1.29 is 9.90 Å². The third-order valence-corrected chi connectivity index (χ3v) is 4.05. The number of carbonyl (C=O) groups excluding carboxylic acids is 1. The van der Waals surface area contributed by atoms with Gasteiger partial charge in [0.2, 0.25) is 5.91 Å². The first-order valence-electron chi connectivity index (χ1n) is 6.69. The third-order valence-electron chi connectivity index (χ3n) is 4.05. The van der Waals surface area contributed by atoms with Crippen molar-refractivity contribution in [2.45, 2.75) is 46.1 Å². The fourth-order valence-electron chi connectivity index (χ4n) is 2.52. The summed E-state index contributed by atoms with van der Waals surface area (Å²) in [5, 5.41) is 15.3. The van der Waals surface area contributed by atoms with E-state index < -0.39 is 0 Å². The van der Waals surface area contributed by atoms with E-state index in [0.717, 1.165) is 25.9 Å². The molecule has 100 valence electrons. The molecule has 0 spiro atoms. The Morgan fingerprint density at radius 1 is 1.53 bits per heavy atom. The van der Waals surface area contributed by atoms with Crippen LogP contribution in [0, 0.1) is 11.3 Å². The summed E-state index contributed by atoms with van der Waals surface area (Å²) < 4.78 is 0. The third kappa shape index (κ3) is 3.19. The van der Waals surface area contributed by atoms with Crippen LogP contribution in [-0.2, 0) is 4.79 Å². The number of nitrogens with one attached hydrogen (secondary N) is 2. The van der Waals surface area contributed by atoms with Crippen LogP contribution in [0.15, 0.2) is 0 Å². The minimum Gasteiger partial charge on any atom is -0.396 e. The summed E-state index contributed by atoms with van der Waals surface area (Å²) in [6.07, 6.45) is 2.42. The first kappa shape index (κ1) is 14.5. The Hall–Kier alpha value is -0.610. The SMILES string of the molecule is CCC(CCO)NC(=O)C1(C(C)C)CCNC1. The first-order chi connectivity index (χ1) is 8.06. The van der Waals surface area contributed by atoms with Gasteiger partial charge in [-0.25, -0.2) is 0 Å². The largest absolute Gasteiger partial charge is 0.396 e. The molecule has 0 radical (unpaired) electrons. The molecule has 1 aliphatic rings. The summed E-state index contributed by atoms with van der Waals surface area (Å²) >= 11 is 0. The van der Waals surface area contributed by atoms with Gasteiger partial charge in [-0.1, -0.05) is 20.8 Å². The van der Waals surface area contributed by atoms with Crippen molar-refractivity contribution in [3.8, 4) is 0 Å². The standard InChI is InChI=1S/C13H26N2O2/c1-4-11(5-8-16)15-12(17)13(10(2)3)6-7-14-9-13/h10-11,14,16H,4-9H2,1-3H3,(H,15,17). The molecule has 1 rings (SSSR count). The van der Waals surface area contributed by atoms with Gasteiger partial charge in [0.15, 0.2) is 0 Å². The molecular formula is C13H26N2O2. The lowest BCUT2D eigenvalue weighted by Gasteiger charge is -2.33. The number of amides is 1. The molecule has 0 aliphatic carbocycles. The van der Waals surface area contributed by atoms with Gasteiger partial charge in [-0.3, -0.25) is 4.79 Å².